The molecule has 0 aliphatic heterocycles. The van der Waals surface area contributed by atoms with Crippen LogP contribution in [0.1, 0.15) is 31.0 Å². The normalized spacial score (nSPS) is 12.8. The minimum atomic E-state index is -0.0865. The Bertz CT molecular complexity index is 495. The third kappa shape index (κ3) is 5.07. The molecule has 2 unspecified atom stereocenters. The third-order valence-electron chi connectivity index (χ3n) is 3.56. The predicted octanol–water partition coefficient (Wildman–Crippen LogP) is 2.47. The van der Waals surface area contributed by atoms with Gasteiger partial charge in [0.25, 0.3) is 0 Å². The van der Waals surface area contributed by atoms with Crippen LogP contribution in [0.3, 0.4) is 0 Å². The molecule has 0 aromatic heterocycles. The lowest BCUT2D eigenvalue weighted by atomic mass is 10.0. The molecule has 2 atom stereocenters. The van der Waals surface area contributed by atoms with Crippen molar-refractivity contribution in [3.63, 3.8) is 0 Å². The summed E-state index contributed by atoms with van der Waals surface area (Å²) in [4.78, 5) is 12.1. The van der Waals surface area contributed by atoms with E-state index in [0.29, 0.717) is 18.0 Å². The van der Waals surface area contributed by atoms with Crippen LogP contribution >= 0.6 is 12.4 Å². The van der Waals surface area contributed by atoms with Gasteiger partial charge in [-0.05, 0) is 44.2 Å². The smallest absolute Gasteiger partial charge is 0.224 e. The lowest BCUT2D eigenvalue weighted by Gasteiger charge is -2.21. The summed E-state index contributed by atoms with van der Waals surface area (Å²) in [5.41, 5.74) is 2.08. The third-order valence-corrected chi connectivity index (χ3v) is 3.56. The van der Waals surface area contributed by atoms with Crippen LogP contribution < -0.4 is 20.1 Å². The van der Waals surface area contributed by atoms with Gasteiger partial charge in [-0.15, -0.1) is 12.4 Å². The molecular weight excluding hydrogens is 304 g/mol. The molecular formula is C16H27ClN2O3. The summed E-state index contributed by atoms with van der Waals surface area (Å²) in [6.07, 6.45) is 0. The number of methoxy groups -OCH3 is 2. The van der Waals surface area contributed by atoms with Gasteiger partial charge in [0.1, 0.15) is 0 Å². The Balaban J connectivity index is 0.00000441. The van der Waals surface area contributed by atoms with Crippen LogP contribution in [0.25, 0.3) is 0 Å². The van der Waals surface area contributed by atoms with Gasteiger partial charge >= 0.3 is 0 Å². The molecule has 1 aromatic carbocycles. The second-order valence-corrected chi connectivity index (χ2v) is 5.25. The summed E-state index contributed by atoms with van der Waals surface area (Å²) in [6.45, 7) is 6.53. The molecule has 1 amide bonds. The van der Waals surface area contributed by atoms with E-state index in [9.17, 15) is 4.79 Å². The maximum atomic E-state index is 12.1. The fraction of sp³-hybridized carbons (Fsp3) is 0.562. The van der Waals surface area contributed by atoms with E-state index in [4.69, 9.17) is 9.47 Å². The van der Waals surface area contributed by atoms with E-state index in [-0.39, 0.29) is 30.3 Å². The topological polar surface area (TPSA) is 59.6 Å². The Morgan fingerprint density at radius 2 is 1.73 bits per heavy atom. The van der Waals surface area contributed by atoms with Crippen molar-refractivity contribution in [2.75, 3.05) is 27.8 Å². The lowest BCUT2D eigenvalue weighted by molar-refractivity contribution is -0.125. The zero-order valence-electron chi connectivity index (χ0n) is 14.1. The van der Waals surface area contributed by atoms with E-state index >= 15 is 0 Å². The van der Waals surface area contributed by atoms with E-state index in [1.165, 1.54) is 0 Å². The van der Waals surface area contributed by atoms with Gasteiger partial charge in [-0.2, -0.15) is 0 Å². The fourth-order valence-electron chi connectivity index (χ4n) is 2.30. The monoisotopic (exact) mass is 330 g/mol. The number of nitrogens with one attached hydrogen (secondary N) is 2. The van der Waals surface area contributed by atoms with E-state index in [1.807, 2.05) is 40.0 Å². The second kappa shape index (κ2) is 9.54. The van der Waals surface area contributed by atoms with Gasteiger partial charge in [0.2, 0.25) is 5.91 Å². The van der Waals surface area contributed by atoms with Crippen LogP contribution in [0.4, 0.5) is 0 Å². The van der Waals surface area contributed by atoms with Crippen molar-refractivity contribution in [1.82, 2.24) is 10.6 Å². The van der Waals surface area contributed by atoms with Crippen LogP contribution in [0.15, 0.2) is 12.1 Å². The Morgan fingerprint density at radius 1 is 1.18 bits per heavy atom. The van der Waals surface area contributed by atoms with Crippen LogP contribution in [0, 0.1) is 12.8 Å². The number of ether oxygens (including phenoxy) is 2. The first-order chi connectivity index (χ1) is 9.94. The molecule has 0 radical (unpaired) electrons. The average Bonchev–Trinajstić information content (AvgIpc) is 2.46. The summed E-state index contributed by atoms with van der Waals surface area (Å²) < 4.78 is 10.6. The molecule has 0 aliphatic carbocycles. The largest absolute Gasteiger partial charge is 0.493 e. The number of halogens is 1. The van der Waals surface area contributed by atoms with Crippen molar-refractivity contribution >= 4 is 18.3 Å². The van der Waals surface area contributed by atoms with Crippen molar-refractivity contribution < 1.29 is 14.3 Å². The van der Waals surface area contributed by atoms with Crippen LogP contribution in [0.5, 0.6) is 11.5 Å². The fourth-order valence-corrected chi connectivity index (χ4v) is 2.30. The van der Waals surface area contributed by atoms with E-state index in [2.05, 4.69) is 10.6 Å². The molecule has 0 bridgehead atoms. The highest BCUT2D eigenvalue weighted by molar-refractivity contribution is 5.85. The Kier molecular flexibility index (Phi) is 8.90. The number of hydrogen-bond donors (Lipinski definition) is 2. The van der Waals surface area contributed by atoms with Crippen molar-refractivity contribution in [3.8, 4) is 11.5 Å². The molecule has 0 spiro atoms. The first-order valence-electron chi connectivity index (χ1n) is 7.12. The van der Waals surface area contributed by atoms with Gasteiger partial charge in [0.15, 0.2) is 11.5 Å². The number of carbonyl (C=O) groups excluding carboxylic acids is 1. The standard InChI is InChI=1S/C16H26N2O3.ClH/c1-10-7-14(20-5)15(21-6)8-13(10)12(3)18-16(19)11(2)9-17-4;/h7-8,11-12,17H,9H2,1-6H3,(H,18,19);1H. The summed E-state index contributed by atoms with van der Waals surface area (Å²) in [7, 11) is 5.06. The highest BCUT2D eigenvalue weighted by Crippen LogP contribution is 2.32. The molecule has 0 saturated heterocycles. The molecule has 1 rings (SSSR count). The summed E-state index contributed by atoms with van der Waals surface area (Å²) >= 11 is 0. The number of hydrogen-bond acceptors (Lipinski definition) is 4. The molecule has 126 valence electrons. The minimum absolute atomic E-state index is 0. The van der Waals surface area contributed by atoms with Crippen LogP contribution in [-0.4, -0.2) is 33.7 Å². The lowest BCUT2D eigenvalue weighted by Crippen LogP contribution is -2.36. The highest BCUT2D eigenvalue weighted by atomic mass is 35.5. The number of aryl methyl sites for hydroxylation is 1. The molecule has 2 N–H and O–H groups in total. The van der Waals surface area contributed by atoms with Crippen LogP contribution in [-0.2, 0) is 4.79 Å². The van der Waals surface area contributed by atoms with Crippen molar-refractivity contribution in [2.24, 2.45) is 5.92 Å². The van der Waals surface area contributed by atoms with Gasteiger partial charge in [-0.1, -0.05) is 6.92 Å². The Hall–Kier alpha value is -1.46. The van der Waals surface area contributed by atoms with Crippen LogP contribution in [0.2, 0.25) is 0 Å². The van der Waals surface area contributed by atoms with Gasteiger partial charge in [0, 0.05) is 12.5 Å². The van der Waals surface area contributed by atoms with Gasteiger partial charge < -0.3 is 20.1 Å². The number of rotatable bonds is 7. The zero-order chi connectivity index (χ0) is 16.0. The molecule has 5 nitrogen and oxygen atoms in total. The van der Waals surface area contributed by atoms with Gasteiger partial charge in [0.05, 0.1) is 20.3 Å². The van der Waals surface area contributed by atoms with Gasteiger partial charge in [-0.3, -0.25) is 4.79 Å². The maximum Gasteiger partial charge on any atom is 0.224 e. The Labute approximate surface area is 139 Å². The molecule has 22 heavy (non-hydrogen) atoms. The molecule has 0 fully saturated rings. The highest BCUT2D eigenvalue weighted by Gasteiger charge is 2.18. The van der Waals surface area contributed by atoms with Gasteiger partial charge in [-0.25, -0.2) is 0 Å². The second-order valence-electron chi connectivity index (χ2n) is 5.25. The summed E-state index contributed by atoms with van der Waals surface area (Å²) in [5.74, 6) is 1.33. The Morgan fingerprint density at radius 3 is 2.23 bits per heavy atom. The number of benzene rings is 1. The predicted molar refractivity (Wildman–Crippen MR) is 91.2 cm³/mol. The first kappa shape index (κ1) is 20.5. The van der Waals surface area contributed by atoms with E-state index in [0.717, 1.165) is 11.1 Å². The molecule has 6 heteroatoms. The SMILES string of the molecule is CNCC(C)C(=O)NC(C)c1cc(OC)c(OC)cc1C.Cl. The summed E-state index contributed by atoms with van der Waals surface area (Å²) in [6, 6.07) is 3.76. The first-order valence-corrected chi connectivity index (χ1v) is 7.12. The van der Waals surface area contributed by atoms with Crippen molar-refractivity contribution in [2.45, 2.75) is 26.8 Å². The molecule has 0 saturated carbocycles. The minimum Gasteiger partial charge on any atom is -0.493 e. The molecule has 1 aromatic rings. The summed E-state index contributed by atoms with van der Waals surface area (Å²) in [5, 5.41) is 6.04. The van der Waals surface area contributed by atoms with Crippen molar-refractivity contribution in [1.29, 1.82) is 0 Å². The quantitative estimate of drug-likeness (QED) is 0.806. The number of carbonyl (C=O) groups is 1. The maximum absolute atomic E-state index is 12.1. The molecule has 0 aliphatic rings. The van der Waals surface area contributed by atoms with E-state index in [1.54, 1.807) is 14.2 Å². The zero-order valence-corrected chi connectivity index (χ0v) is 15.0. The van der Waals surface area contributed by atoms with Crippen molar-refractivity contribution in [3.05, 3.63) is 23.3 Å². The van der Waals surface area contributed by atoms with E-state index < -0.39 is 0 Å². The number of amides is 1. The molecule has 0 heterocycles. The average molecular weight is 331 g/mol.